The van der Waals surface area contributed by atoms with E-state index < -0.39 is 11.7 Å². The number of esters is 2. The molecule has 6 atom stereocenters. The average Bonchev–Trinajstić information content (AvgIpc) is 2.88. The summed E-state index contributed by atoms with van der Waals surface area (Å²) < 4.78 is 10.3. The molecule has 144 valence electrons. The normalized spacial score (nSPS) is 47.6. The van der Waals surface area contributed by atoms with Crippen LogP contribution in [0, 0.1) is 28.1 Å². The zero-order chi connectivity index (χ0) is 18.9. The van der Waals surface area contributed by atoms with Gasteiger partial charge in [0.25, 0.3) is 0 Å². The van der Waals surface area contributed by atoms with Crippen LogP contribution in [0.25, 0.3) is 0 Å². The van der Waals surface area contributed by atoms with Crippen molar-refractivity contribution in [2.24, 2.45) is 28.1 Å². The van der Waals surface area contributed by atoms with Gasteiger partial charge in [0.2, 0.25) is 6.29 Å². The van der Waals surface area contributed by atoms with Crippen LogP contribution in [0.5, 0.6) is 0 Å². The summed E-state index contributed by atoms with van der Waals surface area (Å²) in [5, 5.41) is 10.1. The number of hydrogen-bond donors (Lipinski definition) is 1. The zero-order valence-electron chi connectivity index (χ0n) is 16.3. The predicted octanol–water partition coefficient (Wildman–Crippen LogP) is 3.35. The van der Waals surface area contributed by atoms with Crippen LogP contribution in [0.4, 0.5) is 0 Å². The van der Waals surface area contributed by atoms with Gasteiger partial charge in [0.15, 0.2) is 0 Å². The van der Waals surface area contributed by atoms with Crippen LogP contribution in [-0.2, 0) is 19.1 Å². The second-order valence-electron chi connectivity index (χ2n) is 9.53. The molecule has 5 nitrogen and oxygen atoms in total. The number of fused-ring (bicyclic) bond motifs is 4. The standard InChI is InChI=1S/C21H30O5/c1-19-9-5-10-21(3,18(24)25-4)14(19)8-11-20(2)13(19)7-6-12-15(20)17(23)26-16(12)22/h13-14,16,22H,5-11H2,1-4H3/t13-,14?,16?,19-,20-,21+/m1/s1. The number of carbonyl (C=O) groups excluding carboxylic acids is 2. The van der Waals surface area contributed by atoms with Crippen molar-refractivity contribution < 1.29 is 24.2 Å². The van der Waals surface area contributed by atoms with Crippen molar-refractivity contribution in [3.63, 3.8) is 0 Å². The fourth-order valence-corrected chi connectivity index (χ4v) is 7.38. The molecule has 0 spiro atoms. The van der Waals surface area contributed by atoms with Crippen LogP contribution in [0.2, 0.25) is 0 Å². The number of aliphatic hydroxyl groups excluding tert-OH is 1. The van der Waals surface area contributed by atoms with Gasteiger partial charge in [-0.15, -0.1) is 0 Å². The summed E-state index contributed by atoms with van der Waals surface area (Å²) in [4.78, 5) is 25.2. The Balaban J connectivity index is 1.78. The van der Waals surface area contributed by atoms with Gasteiger partial charge in [-0.05, 0) is 62.7 Å². The van der Waals surface area contributed by atoms with E-state index in [-0.39, 0.29) is 28.7 Å². The van der Waals surface area contributed by atoms with Gasteiger partial charge in [-0.1, -0.05) is 20.3 Å². The van der Waals surface area contributed by atoms with Crippen molar-refractivity contribution >= 4 is 11.9 Å². The molecule has 4 aliphatic rings. The predicted molar refractivity (Wildman–Crippen MR) is 94.8 cm³/mol. The minimum atomic E-state index is -1.06. The summed E-state index contributed by atoms with van der Waals surface area (Å²) >= 11 is 0. The highest BCUT2D eigenvalue weighted by Crippen LogP contribution is 2.69. The highest BCUT2D eigenvalue weighted by Gasteiger charge is 2.65. The summed E-state index contributed by atoms with van der Waals surface area (Å²) in [5.74, 6) is 0.144. The Morgan fingerprint density at radius 3 is 2.58 bits per heavy atom. The third kappa shape index (κ3) is 2.07. The molecule has 1 N–H and O–H groups in total. The summed E-state index contributed by atoms with van der Waals surface area (Å²) in [7, 11) is 1.49. The first-order chi connectivity index (χ1) is 12.2. The summed E-state index contributed by atoms with van der Waals surface area (Å²) in [6.07, 6.45) is 5.29. The topological polar surface area (TPSA) is 72.8 Å². The fourth-order valence-electron chi connectivity index (χ4n) is 7.38. The maximum atomic E-state index is 12.7. The molecule has 0 aromatic rings. The van der Waals surface area contributed by atoms with Gasteiger partial charge in [-0.3, -0.25) is 4.79 Å². The van der Waals surface area contributed by atoms with E-state index >= 15 is 0 Å². The van der Waals surface area contributed by atoms with E-state index in [0.717, 1.165) is 49.7 Å². The van der Waals surface area contributed by atoms with Crippen LogP contribution in [0.1, 0.15) is 65.7 Å². The van der Waals surface area contributed by atoms with Crippen molar-refractivity contribution in [3.05, 3.63) is 11.1 Å². The maximum absolute atomic E-state index is 12.7. The van der Waals surface area contributed by atoms with Gasteiger partial charge in [0.05, 0.1) is 12.5 Å². The molecule has 2 unspecified atom stereocenters. The molecule has 5 heteroatoms. The van der Waals surface area contributed by atoms with Crippen LogP contribution >= 0.6 is 0 Å². The van der Waals surface area contributed by atoms with Gasteiger partial charge >= 0.3 is 11.9 Å². The van der Waals surface area contributed by atoms with E-state index in [1.54, 1.807) is 0 Å². The van der Waals surface area contributed by atoms with Crippen LogP contribution in [-0.4, -0.2) is 30.4 Å². The fraction of sp³-hybridized carbons (Fsp3) is 0.810. The lowest BCUT2D eigenvalue weighted by Crippen LogP contribution is -2.59. The highest BCUT2D eigenvalue weighted by molar-refractivity contribution is 5.94. The van der Waals surface area contributed by atoms with E-state index in [2.05, 4.69) is 20.8 Å². The minimum Gasteiger partial charge on any atom is -0.469 e. The van der Waals surface area contributed by atoms with Gasteiger partial charge < -0.3 is 14.6 Å². The highest BCUT2D eigenvalue weighted by atomic mass is 16.6. The Bertz CT molecular complexity index is 697. The third-order valence-electron chi connectivity index (χ3n) is 8.46. The number of ether oxygens (including phenoxy) is 2. The molecular formula is C21H30O5. The van der Waals surface area contributed by atoms with E-state index in [4.69, 9.17) is 9.47 Å². The lowest BCUT2D eigenvalue weighted by molar-refractivity contribution is -0.179. The molecule has 1 heterocycles. The van der Waals surface area contributed by atoms with Crippen molar-refractivity contribution in [1.29, 1.82) is 0 Å². The Hall–Kier alpha value is -1.36. The Morgan fingerprint density at radius 2 is 1.88 bits per heavy atom. The number of cyclic esters (lactones) is 1. The quantitative estimate of drug-likeness (QED) is 0.724. The molecule has 0 aromatic heterocycles. The molecule has 26 heavy (non-hydrogen) atoms. The van der Waals surface area contributed by atoms with E-state index in [1.807, 2.05) is 0 Å². The van der Waals surface area contributed by atoms with Crippen molar-refractivity contribution in [2.75, 3.05) is 7.11 Å². The first-order valence-electron chi connectivity index (χ1n) is 9.89. The van der Waals surface area contributed by atoms with E-state index in [1.165, 1.54) is 7.11 Å². The molecule has 0 saturated heterocycles. The SMILES string of the molecule is COC(=O)[C@@]1(C)CCC[C@@]2(C)C1CC[C@@]1(C)C3=C(CC[C@@H]12)C(O)OC3=O. The second kappa shape index (κ2) is 5.57. The minimum absolute atomic E-state index is 0.0134. The third-order valence-corrected chi connectivity index (χ3v) is 8.46. The lowest BCUT2D eigenvalue weighted by Gasteiger charge is -2.63. The van der Waals surface area contributed by atoms with Crippen LogP contribution < -0.4 is 0 Å². The lowest BCUT2D eigenvalue weighted by atomic mass is 9.40. The maximum Gasteiger partial charge on any atom is 0.337 e. The van der Waals surface area contributed by atoms with Gasteiger partial charge in [-0.25, -0.2) is 4.79 Å². The molecule has 1 aliphatic heterocycles. The van der Waals surface area contributed by atoms with E-state index in [9.17, 15) is 14.7 Å². The zero-order valence-corrected chi connectivity index (χ0v) is 16.3. The molecule has 0 radical (unpaired) electrons. The number of aliphatic hydroxyl groups is 1. The van der Waals surface area contributed by atoms with Crippen molar-refractivity contribution in [1.82, 2.24) is 0 Å². The molecular weight excluding hydrogens is 332 g/mol. The summed E-state index contributed by atoms with van der Waals surface area (Å²) in [6.45, 7) is 6.57. The monoisotopic (exact) mass is 362 g/mol. The first-order valence-corrected chi connectivity index (χ1v) is 9.89. The molecule has 2 saturated carbocycles. The van der Waals surface area contributed by atoms with Gasteiger partial charge in [0.1, 0.15) is 0 Å². The summed E-state index contributed by atoms with van der Waals surface area (Å²) in [6, 6.07) is 0. The Kier molecular flexibility index (Phi) is 3.86. The first kappa shape index (κ1) is 18.0. The summed E-state index contributed by atoms with van der Waals surface area (Å²) in [5.41, 5.74) is 0.782. The molecule has 4 rings (SSSR count). The molecule has 3 aliphatic carbocycles. The molecule has 0 aromatic carbocycles. The number of rotatable bonds is 1. The van der Waals surface area contributed by atoms with E-state index in [0.29, 0.717) is 12.3 Å². The molecule has 2 fully saturated rings. The average molecular weight is 362 g/mol. The second-order valence-corrected chi connectivity index (χ2v) is 9.53. The van der Waals surface area contributed by atoms with Gasteiger partial charge in [-0.2, -0.15) is 0 Å². The number of carbonyl (C=O) groups is 2. The largest absolute Gasteiger partial charge is 0.469 e. The number of hydrogen-bond acceptors (Lipinski definition) is 5. The Labute approximate surface area is 155 Å². The number of methoxy groups -OCH3 is 1. The smallest absolute Gasteiger partial charge is 0.337 e. The molecule has 0 amide bonds. The van der Waals surface area contributed by atoms with Crippen molar-refractivity contribution in [3.8, 4) is 0 Å². The molecule has 0 bridgehead atoms. The van der Waals surface area contributed by atoms with Crippen LogP contribution in [0.15, 0.2) is 11.1 Å². The van der Waals surface area contributed by atoms with Gasteiger partial charge in [0, 0.05) is 16.6 Å². The van der Waals surface area contributed by atoms with Crippen molar-refractivity contribution in [2.45, 2.75) is 72.0 Å². The Morgan fingerprint density at radius 1 is 1.15 bits per heavy atom. The van der Waals surface area contributed by atoms with Crippen LogP contribution in [0.3, 0.4) is 0 Å².